The average molecular weight is 477 g/mol. The van der Waals surface area contributed by atoms with Crippen LogP contribution < -0.4 is 9.62 Å². The van der Waals surface area contributed by atoms with E-state index in [0.29, 0.717) is 5.02 Å². The maximum absolute atomic E-state index is 13.3. The maximum atomic E-state index is 13.3. The quantitative estimate of drug-likeness (QED) is 0.497. The van der Waals surface area contributed by atoms with E-state index in [1.165, 1.54) is 30.3 Å². The Labute approximate surface area is 192 Å². The minimum absolute atomic E-state index is 0.0699. The summed E-state index contributed by atoms with van der Waals surface area (Å²) in [7, 11) is -4.01. The number of carbonyl (C=O) groups is 1. The second kappa shape index (κ2) is 9.73. The van der Waals surface area contributed by atoms with Crippen LogP contribution >= 0.6 is 23.2 Å². The molecule has 0 aliphatic carbocycles. The SMILES string of the molecule is Cc1ccc([C@@H](C)NC(=O)CN(c2ccc(Cl)c(Cl)c2)S(=O)(=O)c2ccccc2)cc1. The molecule has 3 aromatic carbocycles. The number of aryl methyl sites for hydroxylation is 1. The Balaban J connectivity index is 1.90. The van der Waals surface area contributed by atoms with Crippen LogP contribution in [0.5, 0.6) is 0 Å². The summed E-state index contributed by atoms with van der Waals surface area (Å²) in [6.07, 6.45) is 0. The molecule has 0 heterocycles. The first-order valence-electron chi connectivity index (χ1n) is 9.57. The summed E-state index contributed by atoms with van der Waals surface area (Å²) in [6.45, 7) is 3.42. The van der Waals surface area contributed by atoms with E-state index in [9.17, 15) is 13.2 Å². The van der Waals surface area contributed by atoms with E-state index in [0.717, 1.165) is 15.4 Å². The van der Waals surface area contributed by atoms with Crippen LogP contribution in [0.1, 0.15) is 24.1 Å². The summed E-state index contributed by atoms with van der Waals surface area (Å²) in [4.78, 5) is 12.9. The van der Waals surface area contributed by atoms with E-state index in [-0.39, 0.29) is 21.6 Å². The molecule has 0 aliphatic heterocycles. The molecule has 1 atom stereocenters. The van der Waals surface area contributed by atoms with Gasteiger partial charge in [0.25, 0.3) is 10.0 Å². The number of benzene rings is 3. The Morgan fingerprint density at radius 2 is 1.61 bits per heavy atom. The summed E-state index contributed by atoms with van der Waals surface area (Å²) in [5, 5.41) is 3.35. The first-order valence-corrected chi connectivity index (χ1v) is 11.8. The third-order valence-corrected chi connectivity index (χ3v) is 7.29. The van der Waals surface area contributed by atoms with Crippen LogP contribution in [0, 0.1) is 6.92 Å². The number of rotatable bonds is 7. The molecule has 31 heavy (non-hydrogen) atoms. The van der Waals surface area contributed by atoms with Gasteiger partial charge in [-0.15, -0.1) is 0 Å². The molecular formula is C23H22Cl2N2O3S. The topological polar surface area (TPSA) is 66.5 Å². The van der Waals surface area contributed by atoms with E-state index in [1.807, 2.05) is 38.1 Å². The highest BCUT2D eigenvalue weighted by molar-refractivity contribution is 7.92. The van der Waals surface area contributed by atoms with Crippen LogP contribution in [-0.4, -0.2) is 20.9 Å². The van der Waals surface area contributed by atoms with Gasteiger partial charge < -0.3 is 5.32 Å². The number of carbonyl (C=O) groups excluding carboxylic acids is 1. The van der Waals surface area contributed by atoms with Gasteiger partial charge in [0.2, 0.25) is 5.91 Å². The third kappa shape index (κ3) is 5.58. The van der Waals surface area contributed by atoms with Gasteiger partial charge in [0, 0.05) is 0 Å². The van der Waals surface area contributed by atoms with Crippen LogP contribution in [-0.2, 0) is 14.8 Å². The zero-order valence-corrected chi connectivity index (χ0v) is 19.4. The second-order valence-electron chi connectivity index (χ2n) is 7.12. The van der Waals surface area contributed by atoms with E-state index >= 15 is 0 Å². The number of nitrogens with zero attached hydrogens (tertiary/aromatic N) is 1. The van der Waals surface area contributed by atoms with Crippen molar-refractivity contribution in [3.63, 3.8) is 0 Å². The summed E-state index contributed by atoms with van der Waals surface area (Å²) in [6, 6.07) is 19.9. The normalized spacial score (nSPS) is 12.3. The summed E-state index contributed by atoms with van der Waals surface area (Å²) >= 11 is 12.1. The van der Waals surface area contributed by atoms with Gasteiger partial charge in [-0.1, -0.05) is 71.2 Å². The highest BCUT2D eigenvalue weighted by Gasteiger charge is 2.28. The maximum Gasteiger partial charge on any atom is 0.264 e. The van der Waals surface area contributed by atoms with Gasteiger partial charge in [-0.25, -0.2) is 8.42 Å². The van der Waals surface area contributed by atoms with Crippen molar-refractivity contribution in [1.82, 2.24) is 5.32 Å². The molecule has 5 nitrogen and oxygen atoms in total. The summed E-state index contributed by atoms with van der Waals surface area (Å²) in [5.41, 5.74) is 2.28. The highest BCUT2D eigenvalue weighted by atomic mass is 35.5. The van der Waals surface area contributed by atoms with Crippen LogP contribution in [0.3, 0.4) is 0 Å². The van der Waals surface area contributed by atoms with Crippen molar-refractivity contribution in [2.75, 3.05) is 10.8 Å². The number of hydrogen-bond donors (Lipinski definition) is 1. The van der Waals surface area contributed by atoms with Crippen molar-refractivity contribution < 1.29 is 13.2 Å². The smallest absolute Gasteiger partial charge is 0.264 e. The number of nitrogens with one attached hydrogen (secondary N) is 1. The first-order chi connectivity index (χ1) is 14.7. The predicted octanol–water partition coefficient (Wildman–Crippen LogP) is 5.37. The molecule has 0 aromatic heterocycles. The lowest BCUT2D eigenvalue weighted by Crippen LogP contribution is -2.41. The Bertz CT molecular complexity index is 1170. The standard InChI is InChI=1S/C23H22Cl2N2O3S/c1-16-8-10-18(11-9-16)17(2)26-23(28)15-27(19-12-13-21(24)22(25)14-19)31(29,30)20-6-4-3-5-7-20/h3-14,17H,15H2,1-2H3,(H,26,28)/t17-/m1/s1. The van der Waals surface area contributed by atoms with Crippen LogP contribution in [0.2, 0.25) is 10.0 Å². The largest absolute Gasteiger partial charge is 0.348 e. The first kappa shape index (κ1) is 23.1. The molecule has 0 bridgehead atoms. The van der Waals surface area contributed by atoms with Gasteiger partial charge in [0.1, 0.15) is 6.54 Å². The van der Waals surface area contributed by atoms with Gasteiger partial charge in [0.05, 0.1) is 26.7 Å². The van der Waals surface area contributed by atoms with Gasteiger partial charge in [-0.05, 0) is 49.7 Å². The highest BCUT2D eigenvalue weighted by Crippen LogP contribution is 2.30. The Hall–Kier alpha value is -2.54. The molecule has 162 valence electrons. The Morgan fingerprint density at radius 3 is 2.23 bits per heavy atom. The minimum Gasteiger partial charge on any atom is -0.348 e. The molecule has 0 fully saturated rings. The molecule has 1 amide bonds. The Morgan fingerprint density at radius 1 is 0.968 bits per heavy atom. The van der Waals surface area contributed by atoms with Crippen LogP contribution in [0.25, 0.3) is 0 Å². The Kier molecular flexibility index (Phi) is 7.26. The van der Waals surface area contributed by atoms with Gasteiger partial charge >= 0.3 is 0 Å². The fraction of sp³-hybridized carbons (Fsp3) is 0.174. The number of anilines is 1. The van der Waals surface area contributed by atoms with Gasteiger partial charge in [0.15, 0.2) is 0 Å². The number of sulfonamides is 1. The second-order valence-corrected chi connectivity index (χ2v) is 9.80. The van der Waals surface area contributed by atoms with Crippen LogP contribution in [0.15, 0.2) is 77.7 Å². The fourth-order valence-corrected chi connectivity index (χ4v) is 4.76. The monoisotopic (exact) mass is 476 g/mol. The lowest BCUT2D eigenvalue weighted by molar-refractivity contribution is -0.120. The molecule has 0 radical (unpaired) electrons. The zero-order valence-electron chi connectivity index (χ0n) is 17.0. The fourth-order valence-electron chi connectivity index (χ4n) is 3.03. The van der Waals surface area contributed by atoms with Gasteiger partial charge in [-0.2, -0.15) is 0 Å². The van der Waals surface area contributed by atoms with Gasteiger partial charge in [-0.3, -0.25) is 9.10 Å². The molecule has 0 unspecified atom stereocenters. The summed E-state index contributed by atoms with van der Waals surface area (Å²) < 4.78 is 27.7. The molecule has 8 heteroatoms. The third-order valence-electron chi connectivity index (χ3n) is 4.76. The average Bonchev–Trinajstić information content (AvgIpc) is 2.75. The minimum atomic E-state index is -4.01. The molecule has 1 N–H and O–H groups in total. The molecule has 0 aliphatic rings. The van der Waals surface area contributed by atoms with Crippen LogP contribution in [0.4, 0.5) is 5.69 Å². The van der Waals surface area contributed by atoms with Crippen molar-refractivity contribution in [1.29, 1.82) is 0 Å². The van der Waals surface area contributed by atoms with E-state index in [1.54, 1.807) is 18.2 Å². The molecule has 0 saturated heterocycles. The molecule has 3 aromatic rings. The van der Waals surface area contributed by atoms with E-state index in [4.69, 9.17) is 23.2 Å². The number of amides is 1. The van der Waals surface area contributed by atoms with Crippen molar-refractivity contribution >= 4 is 44.8 Å². The predicted molar refractivity (Wildman–Crippen MR) is 125 cm³/mol. The summed E-state index contributed by atoms with van der Waals surface area (Å²) in [5.74, 6) is -0.446. The van der Waals surface area contributed by atoms with Crippen molar-refractivity contribution in [2.45, 2.75) is 24.8 Å². The van der Waals surface area contributed by atoms with E-state index < -0.39 is 22.5 Å². The number of hydrogen-bond acceptors (Lipinski definition) is 3. The lowest BCUT2D eigenvalue weighted by Gasteiger charge is -2.25. The van der Waals surface area contributed by atoms with E-state index in [2.05, 4.69) is 5.32 Å². The van der Waals surface area contributed by atoms with Crippen molar-refractivity contribution in [2.24, 2.45) is 0 Å². The molecular weight excluding hydrogens is 455 g/mol. The zero-order chi connectivity index (χ0) is 22.6. The molecule has 3 rings (SSSR count). The van der Waals surface area contributed by atoms with Crippen molar-refractivity contribution in [3.05, 3.63) is 94.0 Å². The molecule has 0 saturated carbocycles. The van der Waals surface area contributed by atoms with Crippen molar-refractivity contribution in [3.8, 4) is 0 Å². The molecule has 0 spiro atoms. The number of halogens is 2. The lowest BCUT2D eigenvalue weighted by atomic mass is 10.1.